The first-order valence-electron chi connectivity index (χ1n) is 6.66. The number of benzene rings is 2. The molecule has 22 heavy (non-hydrogen) atoms. The van der Waals surface area contributed by atoms with Crippen molar-refractivity contribution in [3.05, 3.63) is 89.6 Å². The van der Waals surface area contributed by atoms with Crippen LogP contribution in [0.4, 0.5) is 8.78 Å². The zero-order chi connectivity index (χ0) is 15.5. The summed E-state index contributed by atoms with van der Waals surface area (Å²) in [6.45, 7) is 0. The second kappa shape index (κ2) is 5.85. The molecule has 0 atom stereocenters. The maximum atomic E-state index is 13.7. The van der Waals surface area contributed by atoms with E-state index in [1.807, 2.05) is 6.07 Å². The summed E-state index contributed by atoms with van der Waals surface area (Å²) >= 11 is 0. The lowest BCUT2D eigenvalue weighted by Gasteiger charge is -2.05. The van der Waals surface area contributed by atoms with Gasteiger partial charge in [0.2, 0.25) is 0 Å². The molecule has 2 nitrogen and oxygen atoms in total. The molecule has 0 aliphatic carbocycles. The molecule has 0 fully saturated rings. The zero-order valence-corrected chi connectivity index (χ0v) is 11.5. The maximum absolute atomic E-state index is 13.7. The fourth-order valence-electron chi connectivity index (χ4n) is 2.14. The van der Waals surface area contributed by atoms with Gasteiger partial charge in [0.15, 0.2) is 5.78 Å². The van der Waals surface area contributed by atoms with Gasteiger partial charge >= 0.3 is 0 Å². The molecule has 0 unspecified atom stereocenters. The molecule has 0 saturated carbocycles. The van der Waals surface area contributed by atoms with Crippen molar-refractivity contribution < 1.29 is 13.6 Å². The van der Waals surface area contributed by atoms with Gasteiger partial charge in [-0.2, -0.15) is 0 Å². The van der Waals surface area contributed by atoms with Crippen molar-refractivity contribution in [3.63, 3.8) is 0 Å². The van der Waals surface area contributed by atoms with Crippen molar-refractivity contribution in [1.82, 2.24) is 4.98 Å². The number of carbonyl (C=O) groups is 1. The van der Waals surface area contributed by atoms with E-state index >= 15 is 0 Å². The Kier molecular flexibility index (Phi) is 3.74. The molecule has 2 aromatic carbocycles. The number of nitrogens with zero attached hydrogens (tertiary/aromatic N) is 1. The summed E-state index contributed by atoms with van der Waals surface area (Å²) in [6.07, 6.45) is 1.40. The van der Waals surface area contributed by atoms with E-state index in [0.29, 0.717) is 16.8 Å². The normalized spacial score (nSPS) is 10.5. The Morgan fingerprint density at radius 2 is 1.64 bits per heavy atom. The highest BCUT2D eigenvalue weighted by Gasteiger charge is 2.11. The Bertz CT molecular complexity index is 814. The van der Waals surface area contributed by atoms with Gasteiger partial charge in [-0.05, 0) is 24.3 Å². The van der Waals surface area contributed by atoms with E-state index in [-0.39, 0.29) is 11.3 Å². The summed E-state index contributed by atoms with van der Waals surface area (Å²) in [6, 6.07) is 15.3. The minimum absolute atomic E-state index is 0.153. The highest BCUT2D eigenvalue weighted by molar-refractivity contribution is 6.08. The van der Waals surface area contributed by atoms with E-state index in [9.17, 15) is 13.6 Å². The Hall–Kier alpha value is -2.88. The fraction of sp³-hybridized carbons (Fsp3) is 0. The second-order valence-electron chi connectivity index (χ2n) is 4.75. The van der Waals surface area contributed by atoms with Gasteiger partial charge in [0.1, 0.15) is 11.6 Å². The highest BCUT2D eigenvalue weighted by atomic mass is 19.1. The summed E-state index contributed by atoms with van der Waals surface area (Å²) in [4.78, 5) is 16.3. The first-order chi connectivity index (χ1) is 10.6. The van der Waals surface area contributed by atoms with Gasteiger partial charge in [0, 0.05) is 29.0 Å². The van der Waals surface area contributed by atoms with E-state index in [1.54, 1.807) is 36.4 Å². The fourth-order valence-corrected chi connectivity index (χ4v) is 2.14. The number of rotatable bonds is 3. The summed E-state index contributed by atoms with van der Waals surface area (Å²) in [5.41, 5.74) is 1.52. The average Bonchev–Trinajstić information content (AvgIpc) is 2.55. The highest BCUT2D eigenvalue weighted by Crippen LogP contribution is 2.22. The van der Waals surface area contributed by atoms with Crippen LogP contribution >= 0.6 is 0 Å². The van der Waals surface area contributed by atoms with Gasteiger partial charge < -0.3 is 0 Å². The van der Waals surface area contributed by atoms with Crippen LogP contribution in [0.15, 0.2) is 66.9 Å². The van der Waals surface area contributed by atoms with Crippen LogP contribution in [0.3, 0.4) is 0 Å². The number of pyridine rings is 1. The molecule has 0 amide bonds. The molecule has 1 aromatic heterocycles. The van der Waals surface area contributed by atoms with Crippen LogP contribution in [0.25, 0.3) is 11.3 Å². The topological polar surface area (TPSA) is 30.0 Å². The molecule has 0 spiro atoms. The van der Waals surface area contributed by atoms with Gasteiger partial charge in [-0.25, -0.2) is 8.78 Å². The molecule has 3 rings (SSSR count). The number of halogens is 2. The molecular weight excluding hydrogens is 284 g/mol. The minimum atomic E-state index is -0.686. The maximum Gasteiger partial charge on any atom is 0.194 e. The van der Waals surface area contributed by atoms with Gasteiger partial charge in [0.05, 0.1) is 5.69 Å². The predicted molar refractivity (Wildman–Crippen MR) is 79.5 cm³/mol. The van der Waals surface area contributed by atoms with Crippen LogP contribution in [-0.4, -0.2) is 10.8 Å². The van der Waals surface area contributed by atoms with Crippen molar-refractivity contribution in [2.45, 2.75) is 0 Å². The van der Waals surface area contributed by atoms with E-state index in [2.05, 4.69) is 4.98 Å². The van der Waals surface area contributed by atoms with E-state index in [1.165, 1.54) is 18.3 Å². The number of ketones is 1. The van der Waals surface area contributed by atoms with Crippen LogP contribution in [0, 0.1) is 11.6 Å². The molecule has 0 saturated heterocycles. The molecule has 0 aliphatic rings. The molecule has 0 N–H and O–H groups in total. The molecule has 1 heterocycles. The minimum Gasteiger partial charge on any atom is -0.289 e. The van der Waals surface area contributed by atoms with Crippen molar-refractivity contribution in [3.8, 4) is 11.3 Å². The SMILES string of the molecule is O=C(c1ccccc1)c1ccc(-c2ccc(F)cc2F)nc1. The molecule has 108 valence electrons. The van der Waals surface area contributed by atoms with E-state index < -0.39 is 11.6 Å². The molecule has 3 aromatic rings. The van der Waals surface area contributed by atoms with Crippen molar-refractivity contribution >= 4 is 5.78 Å². The van der Waals surface area contributed by atoms with Crippen LogP contribution in [0.2, 0.25) is 0 Å². The lowest BCUT2D eigenvalue weighted by atomic mass is 10.0. The lowest BCUT2D eigenvalue weighted by molar-refractivity contribution is 0.103. The van der Waals surface area contributed by atoms with Crippen LogP contribution in [0.5, 0.6) is 0 Å². The smallest absolute Gasteiger partial charge is 0.194 e. The second-order valence-corrected chi connectivity index (χ2v) is 4.75. The third kappa shape index (κ3) is 2.76. The predicted octanol–water partition coefficient (Wildman–Crippen LogP) is 4.26. The van der Waals surface area contributed by atoms with Crippen molar-refractivity contribution in [2.75, 3.05) is 0 Å². The number of carbonyl (C=O) groups excluding carboxylic acids is 1. The lowest BCUT2D eigenvalue weighted by Crippen LogP contribution is -2.02. The third-order valence-corrected chi connectivity index (χ3v) is 3.27. The summed E-state index contributed by atoms with van der Waals surface area (Å²) < 4.78 is 26.6. The Labute approximate surface area is 126 Å². The first-order valence-corrected chi connectivity index (χ1v) is 6.66. The van der Waals surface area contributed by atoms with Crippen LogP contribution < -0.4 is 0 Å². The van der Waals surface area contributed by atoms with Crippen molar-refractivity contribution in [1.29, 1.82) is 0 Å². The van der Waals surface area contributed by atoms with Gasteiger partial charge in [-0.1, -0.05) is 30.3 Å². The standard InChI is InChI=1S/C18H11F2NO/c19-14-7-8-15(16(20)10-14)17-9-6-13(11-21-17)18(22)12-4-2-1-3-5-12/h1-11H. The Morgan fingerprint density at radius 3 is 2.27 bits per heavy atom. The largest absolute Gasteiger partial charge is 0.289 e. The van der Waals surface area contributed by atoms with E-state index in [4.69, 9.17) is 0 Å². The van der Waals surface area contributed by atoms with Crippen molar-refractivity contribution in [2.24, 2.45) is 0 Å². The van der Waals surface area contributed by atoms with Gasteiger partial charge in [-0.15, -0.1) is 0 Å². The number of aromatic nitrogens is 1. The Balaban J connectivity index is 1.91. The van der Waals surface area contributed by atoms with Gasteiger partial charge in [0.25, 0.3) is 0 Å². The van der Waals surface area contributed by atoms with E-state index in [0.717, 1.165) is 6.07 Å². The molecule has 0 radical (unpaired) electrons. The average molecular weight is 295 g/mol. The quantitative estimate of drug-likeness (QED) is 0.676. The summed E-state index contributed by atoms with van der Waals surface area (Å²) in [5.74, 6) is -1.48. The number of hydrogen-bond acceptors (Lipinski definition) is 2. The first kappa shape index (κ1) is 14.1. The third-order valence-electron chi connectivity index (χ3n) is 3.27. The molecule has 0 bridgehead atoms. The zero-order valence-electron chi connectivity index (χ0n) is 11.5. The van der Waals surface area contributed by atoms with Gasteiger partial charge in [-0.3, -0.25) is 9.78 Å². The summed E-state index contributed by atoms with van der Waals surface area (Å²) in [7, 11) is 0. The molecular formula is C18H11F2NO. The number of hydrogen-bond donors (Lipinski definition) is 0. The molecule has 4 heteroatoms. The van der Waals surface area contributed by atoms with Crippen LogP contribution in [-0.2, 0) is 0 Å². The van der Waals surface area contributed by atoms with Crippen LogP contribution in [0.1, 0.15) is 15.9 Å². The Morgan fingerprint density at radius 1 is 0.864 bits per heavy atom. The summed E-state index contributed by atoms with van der Waals surface area (Å²) in [5, 5.41) is 0. The molecule has 0 aliphatic heterocycles. The monoisotopic (exact) mass is 295 g/mol.